The molecule has 0 saturated heterocycles. The SMILES string of the molecule is Cn1ccc(-c2ccc(C(F)(F)F)cc2)n1. The van der Waals surface area contributed by atoms with Crippen LogP contribution in [0.15, 0.2) is 36.5 Å². The second-order valence-electron chi connectivity index (χ2n) is 3.45. The van der Waals surface area contributed by atoms with Crippen molar-refractivity contribution in [2.75, 3.05) is 0 Å². The molecule has 2 nitrogen and oxygen atoms in total. The molecule has 0 fully saturated rings. The molecule has 0 amide bonds. The molecule has 0 N–H and O–H groups in total. The number of alkyl halides is 3. The summed E-state index contributed by atoms with van der Waals surface area (Å²) in [7, 11) is 1.76. The molecule has 5 heteroatoms. The molecule has 0 saturated carbocycles. The lowest BCUT2D eigenvalue weighted by Crippen LogP contribution is -2.04. The van der Waals surface area contributed by atoms with Crippen LogP contribution in [0.25, 0.3) is 11.3 Å². The van der Waals surface area contributed by atoms with Gasteiger partial charge in [-0.3, -0.25) is 4.68 Å². The van der Waals surface area contributed by atoms with Crippen molar-refractivity contribution < 1.29 is 13.2 Å². The van der Waals surface area contributed by atoms with E-state index in [1.807, 2.05) is 0 Å². The number of rotatable bonds is 1. The average molecular weight is 226 g/mol. The van der Waals surface area contributed by atoms with Crippen molar-refractivity contribution in [2.24, 2.45) is 7.05 Å². The van der Waals surface area contributed by atoms with Crippen LogP contribution in [-0.2, 0) is 13.2 Å². The van der Waals surface area contributed by atoms with E-state index in [1.165, 1.54) is 12.1 Å². The first-order valence-corrected chi connectivity index (χ1v) is 4.64. The van der Waals surface area contributed by atoms with Crippen molar-refractivity contribution >= 4 is 0 Å². The van der Waals surface area contributed by atoms with E-state index in [-0.39, 0.29) is 0 Å². The number of halogens is 3. The molecule has 1 aromatic carbocycles. The van der Waals surface area contributed by atoms with Gasteiger partial charge >= 0.3 is 6.18 Å². The summed E-state index contributed by atoms with van der Waals surface area (Å²) in [5.41, 5.74) is 0.692. The maximum absolute atomic E-state index is 12.3. The molecule has 0 radical (unpaired) electrons. The molecule has 1 aromatic heterocycles. The van der Waals surface area contributed by atoms with Gasteiger partial charge in [0.1, 0.15) is 0 Å². The van der Waals surface area contributed by atoms with Crippen LogP contribution in [-0.4, -0.2) is 9.78 Å². The number of benzene rings is 1. The number of aryl methyl sites for hydroxylation is 1. The second-order valence-corrected chi connectivity index (χ2v) is 3.45. The Kier molecular flexibility index (Phi) is 2.46. The zero-order chi connectivity index (χ0) is 11.8. The van der Waals surface area contributed by atoms with Crippen molar-refractivity contribution in [2.45, 2.75) is 6.18 Å². The van der Waals surface area contributed by atoms with Gasteiger partial charge in [0.15, 0.2) is 0 Å². The summed E-state index contributed by atoms with van der Waals surface area (Å²) in [5.74, 6) is 0. The largest absolute Gasteiger partial charge is 0.416 e. The Balaban J connectivity index is 2.33. The van der Waals surface area contributed by atoms with Gasteiger partial charge in [-0.05, 0) is 18.2 Å². The van der Waals surface area contributed by atoms with E-state index in [0.29, 0.717) is 11.3 Å². The highest BCUT2D eigenvalue weighted by molar-refractivity contribution is 5.58. The molecule has 84 valence electrons. The highest BCUT2D eigenvalue weighted by Gasteiger charge is 2.29. The summed E-state index contributed by atoms with van der Waals surface area (Å²) in [6.45, 7) is 0. The van der Waals surface area contributed by atoms with E-state index in [2.05, 4.69) is 5.10 Å². The lowest BCUT2D eigenvalue weighted by atomic mass is 10.1. The van der Waals surface area contributed by atoms with E-state index >= 15 is 0 Å². The lowest BCUT2D eigenvalue weighted by Gasteiger charge is -2.06. The molecule has 0 aliphatic carbocycles. The van der Waals surface area contributed by atoms with Crippen molar-refractivity contribution in [3.8, 4) is 11.3 Å². The summed E-state index contributed by atoms with van der Waals surface area (Å²) < 4.78 is 38.5. The van der Waals surface area contributed by atoms with Crippen molar-refractivity contribution in [3.63, 3.8) is 0 Å². The van der Waals surface area contributed by atoms with E-state index in [4.69, 9.17) is 0 Å². The minimum absolute atomic E-state index is 0.646. The van der Waals surface area contributed by atoms with E-state index in [1.54, 1.807) is 24.0 Å². The van der Waals surface area contributed by atoms with Crippen LogP contribution >= 0.6 is 0 Å². The highest BCUT2D eigenvalue weighted by atomic mass is 19.4. The summed E-state index contributed by atoms with van der Waals surface area (Å²) in [5, 5.41) is 4.11. The third-order valence-electron chi connectivity index (χ3n) is 2.22. The van der Waals surface area contributed by atoms with Gasteiger partial charge < -0.3 is 0 Å². The lowest BCUT2D eigenvalue weighted by molar-refractivity contribution is -0.137. The van der Waals surface area contributed by atoms with Crippen LogP contribution in [0.1, 0.15) is 5.56 Å². The van der Waals surface area contributed by atoms with Crippen LogP contribution in [0.2, 0.25) is 0 Å². The molecule has 0 spiro atoms. The van der Waals surface area contributed by atoms with Gasteiger partial charge in [-0.2, -0.15) is 18.3 Å². The summed E-state index contributed by atoms with van der Waals surface area (Å²) >= 11 is 0. The first-order chi connectivity index (χ1) is 7.47. The van der Waals surface area contributed by atoms with Gasteiger partial charge in [0.2, 0.25) is 0 Å². The molecule has 0 aliphatic heterocycles. The molecular weight excluding hydrogens is 217 g/mol. The molecular formula is C11H9F3N2. The number of aromatic nitrogens is 2. The monoisotopic (exact) mass is 226 g/mol. The predicted octanol–water partition coefficient (Wildman–Crippen LogP) is 3.11. The predicted molar refractivity (Wildman–Crippen MR) is 53.6 cm³/mol. The fraction of sp³-hybridized carbons (Fsp3) is 0.182. The molecule has 2 rings (SSSR count). The zero-order valence-corrected chi connectivity index (χ0v) is 8.49. The number of hydrogen-bond donors (Lipinski definition) is 0. The Labute approximate surface area is 90.3 Å². The van der Waals surface area contributed by atoms with Crippen LogP contribution in [0.3, 0.4) is 0 Å². The average Bonchev–Trinajstić information content (AvgIpc) is 2.64. The molecule has 2 aromatic rings. The topological polar surface area (TPSA) is 17.8 Å². The van der Waals surface area contributed by atoms with Crippen LogP contribution in [0.4, 0.5) is 13.2 Å². The first-order valence-electron chi connectivity index (χ1n) is 4.64. The Hall–Kier alpha value is -1.78. The minimum Gasteiger partial charge on any atom is -0.275 e. The van der Waals surface area contributed by atoms with E-state index in [0.717, 1.165) is 12.1 Å². The summed E-state index contributed by atoms with van der Waals surface area (Å²) in [6.07, 6.45) is -2.55. The Morgan fingerprint density at radius 1 is 1.06 bits per heavy atom. The van der Waals surface area contributed by atoms with Gasteiger partial charge in [0, 0.05) is 18.8 Å². The van der Waals surface area contributed by atoms with Gasteiger partial charge in [-0.1, -0.05) is 12.1 Å². The minimum atomic E-state index is -4.29. The van der Waals surface area contributed by atoms with Crippen LogP contribution < -0.4 is 0 Å². The molecule has 0 bridgehead atoms. The second kappa shape index (κ2) is 3.66. The normalized spacial score (nSPS) is 11.8. The van der Waals surface area contributed by atoms with Crippen molar-refractivity contribution in [1.82, 2.24) is 9.78 Å². The molecule has 1 heterocycles. The fourth-order valence-corrected chi connectivity index (χ4v) is 1.40. The van der Waals surface area contributed by atoms with E-state index in [9.17, 15) is 13.2 Å². The molecule has 0 unspecified atom stereocenters. The molecule has 16 heavy (non-hydrogen) atoms. The number of hydrogen-bond acceptors (Lipinski definition) is 1. The zero-order valence-electron chi connectivity index (χ0n) is 8.49. The Morgan fingerprint density at radius 2 is 1.69 bits per heavy atom. The maximum Gasteiger partial charge on any atom is 0.416 e. The maximum atomic E-state index is 12.3. The third kappa shape index (κ3) is 2.08. The van der Waals surface area contributed by atoms with Crippen LogP contribution in [0, 0.1) is 0 Å². The van der Waals surface area contributed by atoms with Crippen LogP contribution in [0.5, 0.6) is 0 Å². The fourth-order valence-electron chi connectivity index (χ4n) is 1.40. The van der Waals surface area contributed by atoms with Crippen molar-refractivity contribution in [3.05, 3.63) is 42.1 Å². The van der Waals surface area contributed by atoms with Gasteiger partial charge in [0.25, 0.3) is 0 Å². The van der Waals surface area contributed by atoms with Crippen molar-refractivity contribution in [1.29, 1.82) is 0 Å². The van der Waals surface area contributed by atoms with E-state index < -0.39 is 11.7 Å². The smallest absolute Gasteiger partial charge is 0.275 e. The highest BCUT2D eigenvalue weighted by Crippen LogP contribution is 2.30. The molecule has 0 atom stereocenters. The summed E-state index contributed by atoms with van der Waals surface area (Å²) in [6, 6.07) is 6.72. The Morgan fingerprint density at radius 3 is 2.12 bits per heavy atom. The molecule has 0 aliphatic rings. The van der Waals surface area contributed by atoms with Gasteiger partial charge in [0.05, 0.1) is 11.3 Å². The summed E-state index contributed by atoms with van der Waals surface area (Å²) in [4.78, 5) is 0. The quantitative estimate of drug-likeness (QED) is 0.730. The van der Waals surface area contributed by atoms with Gasteiger partial charge in [-0.25, -0.2) is 0 Å². The van der Waals surface area contributed by atoms with Gasteiger partial charge in [-0.15, -0.1) is 0 Å². The standard InChI is InChI=1S/C11H9F3N2/c1-16-7-6-10(15-16)8-2-4-9(5-3-8)11(12,13)14/h2-7H,1H3. The number of nitrogens with zero attached hydrogens (tertiary/aromatic N) is 2. The first kappa shape index (κ1) is 10.7. The third-order valence-corrected chi connectivity index (χ3v) is 2.22. The Bertz CT molecular complexity index is 483.